The normalized spacial score (nSPS) is 11.8. The minimum atomic E-state index is -4.87. The Morgan fingerprint density at radius 3 is 2.25 bits per heavy atom. The van der Waals surface area contributed by atoms with E-state index in [0.29, 0.717) is 11.8 Å². The molecule has 0 aliphatic carbocycles. The predicted molar refractivity (Wildman–Crippen MR) is 50.2 cm³/mol. The highest BCUT2D eigenvalue weighted by molar-refractivity contribution is 5.94. The number of rotatable bonds is 3. The van der Waals surface area contributed by atoms with Crippen LogP contribution in [0, 0.1) is 5.82 Å². The molecule has 0 amide bonds. The molecule has 6 heteroatoms. The number of hydrogen-bond donors (Lipinski definition) is 1. The van der Waals surface area contributed by atoms with Crippen LogP contribution in [0.15, 0.2) is 36.5 Å². The van der Waals surface area contributed by atoms with Crippen molar-refractivity contribution in [2.75, 3.05) is 5.32 Å². The van der Waals surface area contributed by atoms with Crippen LogP contribution in [-0.2, 0) is 4.79 Å². The fraction of sp³-hybridized carbons (Fsp3) is 0.100. The molecule has 1 rings (SSSR count). The Hall–Kier alpha value is -1.85. The average molecular weight is 233 g/mol. The Bertz CT molecular complexity index is 394. The summed E-state index contributed by atoms with van der Waals surface area (Å²) in [6.07, 6.45) is -3.66. The molecular formula is C10H7F4NO. The van der Waals surface area contributed by atoms with Crippen molar-refractivity contribution in [2.24, 2.45) is 0 Å². The van der Waals surface area contributed by atoms with Crippen LogP contribution in [0.5, 0.6) is 0 Å². The molecule has 0 aliphatic rings. The van der Waals surface area contributed by atoms with E-state index in [1.807, 2.05) is 0 Å². The third-order valence-corrected chi connectivity index (χ3v) is 1.61. The molecule has 0 saturated heterocycles. The van der Waals surface area contributed by atoms with Crippen LogP contribution in [0.1, 0.15) is 0 Å². The van der Waals surface area contributed by atoms with Gasteiger partial charge in [-0.1, -0.05) is 0 Å². The highest BCUT2D eigenvalue weighted by Gasteiger charge is 2.35. The SMILES string of the molecule is O=C(/C=C/Nc1ccc(F)cc1)C(F)(F)F. The van der Waals surface area contributed by atoms with Gasteiger partial charge < -0.3 is 5.32 Å². The zero-order chi connectivity index (χ0) is 12.2. The number of hydrogen-bond acceptors (Lipinski definition) is 2. The number of carbonyl (C=O) groups excluding carboxylic acids is 1. The summed E-state index contributed by atoms with van der Waals surface area (Å²) < 4.78 is 47.7. The van der Waals surface area contributed by atoms with Crippen molar-refractivity contribution in [2.45, 2.75) is 6.18 Å². The lowest BCUT2D eigenvalue weighted by Crippen LogP contribution is -2.20. The molecule has 2 nitrogen and oxygen atoms in total. The van der Waals surface area contributed by atoms with E-state index < -0.39 is 17.8 Å². The number of benzene rings is 1. The predicted octanol–water partition coefficient (Wildman–Crippen LogP) is 2.88. The number of carbonyl (C=O) groups is 1. The summed E-state index contributed by atoms with van der Waals surface area (Å²) in [5, 5.41) is 2.41. The van der Waals surface area contributed by atoms with E-state index in [1.165, 1.54) is 12.1 Å². The van der Waals surface area contributed by atoms with Gasteiger partial charge in [-0.15, -0.1) is 0 Å². The smallest absolute Gasteiger partial charge is 0.362 e. The third-order valence-electron chi connectivity index (χ3n) is 1.61. The van der Waals surface area contributed by atoms with Gasteiger partial charge in [0.25, 0.3) is 5.78 Å². The van der Waals surface area contributed by atoms with Gasteiger partial charge in [-0.25, -0.2) is 4.39 Å². The molecule has 1 aromatic rings. The van der Waals surface area contributed by atoms with Crippen molar-refractivity contribution in [1.29, 1.82) is 0 Å². The second-order valence-electron chi connectivity index (χ2n) is 2.85. The summed E-state index contributed by atoms with van der Waals surface area (Å²) in [5.74, 6) is -2.41. The van der Waals surface area contributed by atoms with Crippen LogP contribution in [0.4, 0.5) is 23.2 Å². The van der Waals surface area contributed by atoms with Crippen molar-refractivity contribution < 1.29 is 22.4 Å². The van der Waals surface area contributed by atoms with E-state index in [0.717, 1.165) is 18.3 Å². The molecule has 0 fully saturated rings. The van der Waals surface area contributed by atoms with E-state index in [4.69, 9.17) is 0 Å². The highest BCUT2D eigenvalue weighted by atomic mass is 19.4. The molecule has 0 spiro atoms. The molecule has 86 valence electrons. The molecule has 1 N–H and O–H groups in total. The summed E-state index contributed by atoms with van der Waals surface area (Å²) in [4.78, 5) is 10.4. The molecule has 0 saturated carbocycles. The maximum atomic E-state index is 12.4. The topological polar surface area (TPSA) is 29.1 Å². The molecule has 0 heterocycles. The quantitative estimate of drug-likeness (QED) is 0.642. The Balaban J connectivity index is 2.55. The van der Waals surface area contributed by atoms with Crippen LogP contribution >= 0.6 is 0 Å². The molecule has 1 aromatic carbocycles. The molecular weight excluding hydrogens is 226 g/mol. The molecule has 0 atom stereocenters. The van der Waals surface area contributed by atoms with Crippen LogP contribution < -0.4 is 5.32 Å². The number of alkyl halides is 3. The number of allylic oxidation sites excluding steroid dienone is 1. The summed E-state index contributed by atoms with van der Waals surface area (Å²) in [7, 11) is 0. The highest BCUT2D eigenvalue weighted by Crippen LogP contribution is 2.16. The van der Waals surface area contributed by atoms with Crippen molar-refractivity contribution in [1.82, 2.24) is 0 Å². The Morgan fingerprint density at radius 1 is 1.19 bits per heavy atom. The van der Waals surface area contributed by atoms with E-state index in [9.17, 15) is 22.4 Å². The standard InChI is InChI=1S/C10H7F4NO/c11-7-1-3-8(4-2-7)15-6-5-9(16)10(12,13)14/h1-6,15H/b6-5+. The summed E-state index contributed by atoms with van der Waals surface area (Å²) >= 11 is 0. The first-order valence-corrected chi connectivity index (χ1v) is 4.19. The maximum absolute atomic E-state index is 12.4. The van der Waals surface area contributed by atoms with Gasteiger partial charge in [-0.05, 0) is 24.3 Å². The first-order chi connectivity index (χ1) is 7.39. The lowest BCUT2D eigenvalue weighted by atomic mass is 10.3. The maximum Gasteiger partial charge on any atom is 0.454 e. The second-order valence-corrected chi connectivity index (χ2v) is 2.85. The van der Waals surface area contributed by atoms with Crippen LogP contribution in [0.25, 0.3) is 0 Å². The first kappa shape index (κ1) is 12.2. The zero-order valence-corrected chi connectivity index (χ0v) is 7.88. The summed E-state index contributed by atoms with van der Waals surface area (Å²) in [6.45, 7) is 0. The average Bonchev–Trinajstić information content (AvgIpc) is 2.19. The van der Waals surface area contributed by atoms with Gasteiger partial charge in [0, 0.05) is 18.0 Å². The number of anilines is 1. The van der Waals surface area contributed by atoms with Crippen molar-refractivity contribution in [3.8, 4) is 0 Å². The number of nitrogens with one attached hydrogen (secondary N) is 1. The lowest BCUT2D eigenvalue weighted by Gasteiger charge is -2.01. The van der Waals surface area contributed by atoms with Crippen molar-refractivity contribution in [3.63, 3.8) is 0 Å². The summed E-state index contributed by atoms with van der Waals surface area (Å²) in [6, 6.07) is 4.94. The number of halogens is 4. The number of ketones is 1. The monoisotopic (exact) mass is 233 g/mol. The van der Waals surface area contributed by atoms with E-state index in [2.05, 4.69) is 5.32 Å². The van der Waals surface area contributed by atoms with Crippen molar-refractivity contribution in [3.05, 3.63) is 42.4 Å². The van der Waals surface area contributed by atoms with E-state index >= 15 is 0 Å². The molecule has 16 heavy (non-hydrogen) atoms. The van der Waals surface area contributed by atoms with E-state index in [-0.39, 0.29) is 0 Å². The third kappa shape index (κ3) is 3.72. The lowest BCUT2D eigenvalue weighted by molar-refractivity contribution is -0.165. The van der Waals surface area contributed by atoms with Gasteiger partial charge in [0.1, 0.15) is 5.82 Å². The van der Waals surface area contributed by atoms with Crippen LogP contribution in [-0.4, -0.2) is 12.0 Å². The van der Waals surface area contributed by atoms with Gasteiger partial charge >= 0.3 is 6.18 Å². The largest absolute Gasteiger partial charge is 0.454 e. The first-order valence-electron chi connectivity index (χ1n) is 4.19. The summed E-state index contributed by atoms with van der Waals surface area (Å²) in [5.41, 5.74) is 0.382. The fourth-order valence-electron chi connectivity index (χ4n) is 0.854. The van der Waals surface area contributed by atoms with Crippen LogP contribution in [0.3, 0.4) is 0 Å². The van der Waals surface area contributed by atoms with Gasteiger partial charge in [0.2, 0.25) is 0 Å². The molecule has 0 aliphatic heterocycles. The molecule has 0 radical (unpaired) electrons. The van der Waals surface area contributed by atoms with Gasteiger partial charge in [0.15, 0.2) is 0 Å². The second kappa shape index (κ2) is 4.78. The van der Waals surface area contributed by atoms with Crippen molar-refractivity contribution >= 4 is 11.5 Å². The Labute approximate surface area is 88.6 Å². The minimum absolute atomic E-state index is 0.364. The molecule has 0 unspecified atom stereocenters. The van der Waals surface area contributed by atoms with Gasteiger partial charge in [0.05, 0.1) is 0 Å². The Kier molecular flexibility index (Phi) is 3.65. The van der Waals surface area contributed by atoms with Gasteiger partial charge in [-0.2, -0.15) is 13.2 Å². The zero-order valence-electron chi connectivity index (χ0n) is 7.88. The minimum Gasteiger partial charge on any atom is -0.362 e. The van der Waals surface area contributed by atoms with E-state index in [1.54, 1.807) is 0 Å². The Morgan fingerprint density at radius 2 is 1.75 bits per heavy atom. The van der Waals surface area contributed by atoms with Gasteiger partial charge in [-0.3, -0.25) is 4.79 Å². The van der Waals surface area contributed by atoms with Crippen LogP contribution in [0.2, 0.25) is 0 Å². The fourth-order valence-corrected chi connectivity index (χ4v) is 0.854. The molecule has 0 aromatic heterocycles. The molecule has 0 bridgehead atoms.